The molecule has 0 saturated carbocycles. The third-order valence-electron chi connectivity index (χ3n) is 2.75. The van der Waals surface area contributed by atoms with Gasteiger partial charge in [0.15, 0.2) is 0 Å². The average molecular weight is 273 g/mol. The van der Waals surface area contributed by atoms with Crippen LogP contribution >= 0.6 is 11.3 Å². The van der Waals surface area contributed by atoms with Gasteiger partial charge in [-0.05, 0) is 24.3 Å². The summed E-state index contributed by atoms with van der Waals surface area (Å²) in [5.41, 5.74) is 0.716. The predicted molar refractivity (Wildman–Crippen MR) is 67.5 cm³/mol. The first-order valence-corrected chi connectivity index (χ1v) is 7.72. The largest absolute Gasteiger partial charge is 0.391 e. The van der Waals surface area contributed by atoms with E-state index in [2.05, 4.69) is 0 Å². The Morgan fingerprint density at radius 2 is 2.24 bits per heavy atom. The van der Waals surface area contributed by atoms with Crippen molar-refractivity contribution in [3.8, 4) is 0 Å². The predicted octanol–water partition coefficient (Wildman–Crippen LogP) is 1.50. The monoisotopic (exact) mass is 273 g/mol. The molecule has 4 nitrogen and oxygen atoms in total. The molecule has 0 radical (unpaired) electrons. The first-order chi connectivity index (χ1) is 8.07. The number of hydrogen-bond acceptors (Lipinski definition) is 4. The van der Waals surface area contributed by atoms with Gasteiger partial charge in [-0.25, -0.2) is 8.42 Å². The van der Waals surface area contributed by atoms with Gasteiger partial charge < -0.3 is 5.11 Å². The van der Waals surface area contributed by atoms with Crippen LogP contribution in [0.15, 0.2) is 22.4 Å². The van der Waals surface area contributed by atoms with Gasteiger partial charge in [0.25, 0.3) is 0 Å². The maximum atomic E-state index is 12.4. The molecule has 17 heavy (non-hydrogen) atoms. The van der Waals surface area contributed by atoms with E-state index in [0.29, 0.717) is 28.4 Å². The van der Waals surface area contributed by atoms with Gasteiger partial charge in [0, 0.05) is 13.1 Å². The number of aliphatic hydroxyl groups excluding tert-OH is 1. The summed E-state index contributed by atoms with van der Waals surface area (Å²) in [5, 5.41) is 11.0. The van der Waals surface area contributed by atoms with E-state index in [0.717, 1.165) is 6.42 Å². The maximum Gasteiger partial charge on any atom is 0.244 e. The SMILES string of the molecule is Cc1csc(CO)c1S(=O)(=O)N1CC=CCC1. The zero-order chi connectivity index (χ0) is 12.5. The fraction of sp³-hybridized carbons (Fsp3) is 0.455. The molecular formula is C11H15NO3S2. The zero-order valence-corrected chi connectivity index (χ0v) is 11.2. The fourth-order valence-corrected chi connectivity index (χ4v) is 4.93. The van der Waals surface area contributed by atoms with Crippen molar-refractivity contribution in [1.82, 2.24) is 4.31 Å². The highest BCUT2D eigenvalue weighted by molar-refractivity contribution is 7.89. The van der Waals surface area contributed by atoms with E-state index in [4.69, 9.17) is 0 Å². The van der Waals surface area contributed by atoms with E-state index in [9.17, 15) is 13.5 Å². The second-order valence-corrected chi connectivity index (χ2v) is 6.79. The minimum absolute atomic E-state index is 0.225. The number of aliphatic hydroxyl groups is 1. The Hall–Kier alpha value is -0.690. The summed E-state index contributed by atoms with van der Waals surface area (Å²) >= 11 is 1.29. The van der Waals surface area contributed by atoms with Gasteiger partial charge in [0.2, 0.25) is 10.0 Å². The minimum Gasteiger partial charge on any atom is -0.391 e. The van der Waals surface area contributed by atoms with Crippen molar-refractivity contribution in [2.45, 2.75) is 24.8 Å². The quantitative estimate of drug-likeness (QED) is 0.849. The number of rotatable bonds is 3. The third-order valence-corrected chi connectivity index (χ3v) is 6.07. The summed E-state index contributed by atoms with van der Waals surface area (Å²) < 4.78 is 26.3. The van der Waals surface area contributed by atoms with Crippen molar-refractivity contribution in [1.29, 1.82) is 0 Å². The van der Waals surface area contributed by atoms with E-state index in [1.165, 1.54) is 15.6 Å². The van der Waals surface area contributed by atoms with E-state index in [-0.39, 0.29) is 6.61 Å². The number of hydrogen-bond donors (Lipinski definition) is 1. The van der Waals surface area contributed by atoms with Crippen molar-refractivity contribution in [3.63, 3.8) is 0 Å². The number of aryl methyl sites for hydroxylation is 1. The highest BCUT2D eigenvalue weighted by atomic mass is 32.2. The Kier molecular flexibility index (Phi) is 3.67. The second-order valence-electron chi connectivity index (χ2n) is 3.95. The summed E-state index contributed by atoms with van der Waals surface area (Å²) in [7, 11) is -3.46. The minimum atomic E-state index is -3.46. The molecule has 2 heterocycles. The maximum absolute atomic E-state index is 12.4. The van der Waals surface area contributed by atoms with Crippen LogP contribution in [0.3, 0.4) is 0 Å². The molecule has 1 aliphatic heterocycles. The van der Waals surface area contributed by atoms with Gasteiger partial charge in [-0.3, -0.25) is 0 Å². The molecule has 0 atom stereocenters. The van der Waals surface area contributed by atoms with Crippen LogP contribution in [0.2, 0.25) is 0 Å². The van der Waals surface area contributed by atoms with Gasteiger partial charge in [0.05, 0.1) is 11.5 Å². The van der Waals surface area contributed by atoms with Gasteiger partial charge in [-0.15, -0.1) is 11.3 Å². The number of sulfonamides is 1. The summed E-state index contributed by atoms with van der Waals surface area (Å²) in [6.07, 6.45) is 4.59. The Morgan fingerprint density at radius 1 is 1.47 bits per heavy atom. The lowest BCUT2D eigenvalue weighted by molar-refractivity contribution is 0.282. The van der Waals surface area contributed by atoms with Crippen LogP contribution in [-0.4, -0.2) is 30.9 Å². The van der Waals surface area contributed by atoms with Crippen LogP contribution < -0.4 is 0 Å². The molecule has 0 bridgehead atoms. The van der Waals surface area contributed by atoms with Crippen LogP contribution in [0.5, 0.6) is 0 Å². The molecule has 0 aromatic carbocycles. The molecule has 0 fully saturated rings. The molecule has 1 aromatic rings. The van der Waals surface area contributed by atoms with Crippen molar-refractivity contribution >= 4 is 21.4 Å². The molecule has 1 N–H and O–H groups in total. The highest BCUT2D eigenvalue weighted by Crippen LogP contribution is 2.30. The molecule has 1 aromatic heterocycles. The molecule has 0 saturated heterocycles. The molecule has 0 amide bonds. The Balaban J connectivity index is 2.43. The molecule has 0 spiro atoms. The van der Waals surface area contributed by atoms with Crippen LogP contribution in [0, 0.1) is 6.92 Å². The fourth-order valence-electron chi connectivity index (χ4n) is 1.91. The van der Waals surface area contributed by atoms with Gasteiger partial charge in [0.1, 0.15) is 4.90 Å². The van der Waals surface area contributed by atoms with E-state index < -0.39 is 10.0 Å². The van der Waals surface area contributed by atoms with Crippen molar-refractivity contribution in [2.24, 2.45) is 0 Å². The summed E-state index contributed by atoms with van der Waals surface area (Å²) in [6.45, 7) is 2.47. The van der Waals surface area contributed by atoms with Crippen LogP contribution in [0.25, 0.3) is 0 Å². The van der Waals surface area contributed by atoms with E-state index in [1.807, 2.05) is 12.2 Å². The normalized spacial score (nSPS) is 17.5. The lowest BCUT2D eigenvalue weighted by atomic mass is 10.3. The average Bonchev–Trinajstić information content (AvgIpc) is 2.72. The van der Waals surface area contributed by atoms with Gasteiger partial charge in [-0.1, -0.05) is 12.2 Å². The van der Waals surface area contributed by atoms with Crippen molar-refractivity contribution < 1.29 is 13.5 Å². The van der Waals surface area contributed by atoms with Crippen LogP contribution in [-0.2, 0) is 16.6 Å². The highest BCUT2D eigenvalue weighted by Gasteiger charge is 2.29. The first kappa shape index (κ1) is 12.8. The van der Waals surface area contributed by atoms with E-state index >= 15 is 0 Å². The van der Waals surface area contributed by atoms with Gasteiger partial charge >= 0.3 is 0 Å². The second kappa shape index (κ2) is 4.89. The molecule has 2 rings (SSSR count). The summed E-state index contributed by atoms with van der Waals surface area (Å²) in [6, 6.07) is 0. The zero-order valence-electron chi connectivity index (χ0n) is 9.59. The molecule has 1 aliphatic rings. The van der Waals surface area contributed by atoms with Crippen molar-refractivity contribution in [2.75, 3.05) is 13.1 Å². The van der Waals surface area contributed by atoms with Crippen molar-refractivity contribution in [3.05, 3.63) is 28.0 Å². The lowest BCUT2D eigenvalue weighted by Crippen LogP contribution is -2.34. The smallest absolute Gasteiger partial charge is 0.244 e. The Labute approximate surface area is 105 Å². The Bertz CT molecular complexity index is 531. The Morgan fingerprint density at radius 3 is 2.82 bits per heavy atom. The number of nitrogens with zero attached hydrogens (tertiary/aromatic N) is 1. The molecule has 94 valence electrons. The van der Waals surface area contributed by atoms with Crippen LogP contribution in [0.4, 0.5) is 0 Å². The van der Waals surface area contributed by atoms with Gasteiger partial charge in [-0.2, -0.15) is 4.31 Å². The first-order valence-electron chi connectivity index (χ1n) is 5.40. The molecule has 0 aliphatic carbocycles. The van der Waals surface area contributed by atoms with E-state index in [1.54, 1.807) is 12.3 Å². The lowest BCUT2D eigenvalue weighted by Gasteiger charge is -2.23. The molecule has 6 heteroatoms. The molecular weight excluding hydrogens is 258 g/mol. The number of thiophene rings is 1. The standard InChI is InChI=1S/C11H15NO3S2/c1-9-8-16-10(7-13)11(9)17(14,15)12-5-3-2-4-6-12/h2-3,8,13H,4-7H2,1H3. The van der Waals surface area contributed by atoms with Crippen LogP contribution in [0.1, 0.15) is 16.9 Å². The third kappa shape index (κ3) is 2.30. The molecule has 0 unspecified atom stereocenters. The topological polar surface area (TPSA) is 57.6 Å². The summed E-state index contributed by atoms with van der Waals surface area (Å²) in [5.74, 6) is 0. The summed E-state index contributed by atoms with van der Waals surface area (Å²) in [4.78, 5) is 0.817.